The molecule has 2 nitrogen and oxygen atoms in total. The summed E-state index contributed by atoms with van der Waals surface area (Å²) in [5.41, 5.74) is 3.64. The van der Waals surface area contributed by atoms with E-state index in [0.717, 1.165) is 18.5 Å². The second-order valence-corrected chi connectivity index (χ2v) is 6.05. The highest BCUT2D eigenvalue weighted by atomic mass is 32.1. The summed E-state index contributed by atoms with van der Waals surface area (Å²) >= 11 is 1.75. The lowest BCUT2D eigenvalue weighted by atomic mass is 9.94. The zero-order chi connectivity index (χ0) is 13.4. The maximum atomic E-state index is 11.8. The summed E-state index contributed by atoms with van der Waals surface area (Å²) in [5, 5.41) is 2.10. The number of carbonyl (C=O) groups excluding carboxylic acids is 1. The van der Waals surface area contributed by atoms with E-state index in [1.54, 1.807) is 18.3 Å². The molecular weight excluding hydrogens is 254 g/mol. The molecule has 2 aromatic rings. The zero-order valence-corrected chi connectivity index (χ0v) is 12.0. The molecule has 2 heterocycles. The number of nitrogens with zero attached hydrogens (tertiary/aromatic N) is 1. The largest absolute Gasteiger partial charge is 0.310 e. The highest BCUT2D eigenvalue weighted by molar-refractivity contribution is 7.13. The van der Waals surface area contributed by atoms with Crippen molar-refractivity contribution in [2.24, 2.45) is 0 Å². The van der Waals surface area contributed by atoms with Crippen LogP contribution in [-0.4, -0.2) is 11.9 Å². The smallest absolute Gasteiger partial charge is 0.224 e. The van der Waals surface area contributed by atoms with Crippen molar-refractivity contribution >= 4 is 22.9 Å². The normalized spacial score (nSPS) is 18.2. The van der Waals surface area contributed by atoms with Gasteiger partial charge in [-0.15, -0.1) is 11.3 Å². The first-order valence-electron chi connectivity index (χ1n) is 6.63. The topological polar surface area (TPSA) is 20.3 Å². The van der Waals surface area contributed by atoms with Gasteiger partial charge in [-0.3, -0.25) is 4.79 Å². The maximum absolute atomic E-state index is 11.8. The van der Waals surface area contributed by atoms with E-state index in [4.69, 9.17) is 0 Å². The molecule has 19 heavy (non-hydrogen) atoms. The van der Waals surface area contributed by atoms with Crippen molar-refractivity contribution < 1.29 is 4.79 Å². The number of rotatable bonds is 1. The maximum Gasteiger partial charge on any atom is 0.224 e. The van der Waals surface area contributed by atoms with Gasteiger partial charge in [-0.1, -0.05) is 12.1 Å². The molecule has 0 saturated carbocycles. The lowest BCUT2D eigenvalue weighted by Gasteiger charge is -2.34. The Bertz CT molecular complexity index is 603. The third kappa shape index (κ3) is 2.19. The van der Waals surface area contributed by atoms with Crippen molar-refractivity contribution in [1.29, 1.82) is 0 Å². The van der Waals surface area contributed by atoms with Gasteiger partial charge in [-0.05, 0) is 54.5 Å². The number of benzene rings is 1. The molecule has 0 N–H and O–H groups in total. The summed E-state index contributed by atoms with van der Waals surface area (Å²) in [6.45, 7) is 3.77. The molecule has 0 aliphatic carbocycles. The van der Waals surface area contributed by atoms with E-state index in [1.807, 2.05) is 4.90 Å². The number of fused-ring (bicyclic) bond motifs is 1. The van der Waals surface area contributed by atoms with E-state index in [-0.39, 0.29) is 5.91 Å². The van der Waals surface area contributed by atoms with Crippen LogP contribution >= 0.6 is 11.3 Å². The second kappa shape index (κ2) is 4.82. The molecule has 0 bridgehead atoms. The van der Waals surface area contributed by atoms with Gasteiger partial charge in [0.2, 0.25) is 5.91 Å². The van der Waals surface area contributed by atoms with Crippen LogP contribution in [0, 0.1) is 0 Å². The van der Waals surface area contributed by atoms with Crippen LogP contribution in [0.15, 0.2) is 35.7 Å². The van der Waals surface area contributed by atoms with Gasteiger partial charge in [0.05, 0.1) is 0 Å². The minimum Gasteiger partial charge on any atom is -0.310 e. The molecule has 1 aliphatic rings. The quantitative estimate of drug-likeness (QED) is 0.764. The Morgan fingerprint density at radius 3 is 2.89 bits per heavy atom. The van der Waals surface area contributed by atoms with Crippen LogP contribution in [-0.2, 0) is 11.2 Å². The highest BCUT2D eigenvalue weighted by Gasteiger charge is 2.26. The third-order valence-corrected chi connectivity index (χ3v) is 4.68. The van der Waals surface area contributed by atoms with Crippen LogP contribution in [0.5, 0.6) is 0 Å². The second-order valence-electron chi connectivity index (χ2n) is 5.10. The van der Waals surface area contributed by atoms with Crippen LogP contribution in [0.25, 0.3) is 10.4 Å². The predicted molar refractivity (Wildman–Crippen MR) is 80.7 cm³/mol. The summed E-state index contributed by atoms with van der Waals surface area (Å²) in [5.74, 6) is 0.136. The Morgan fingerprint density at radius 2 is 2.21 bits per heavy atom. The summed E-state index contributed by atoms with van der Waals surface area (Å²) in [6, 6.07) is 11.0. The molecule has 1 unspecified atom stereocenters. The standard InChI is InChI=1S/C16H17NOS/c1-11-5-6-13-10-14(16-4-3-9-19-16)7-8-15(13)17(11)12(2)18/h3-4,7-11H,5-6H2,1-2H3. The lowest BCUT2D eigenvalue weighted by Crippen LogP contribution is -2.40. The van der Waals surface area contributed by atoms with E-state index in [0.29, 0.717) is 6.04 Å². The zero-order valence-electron chi connectivity index (χ0n) is 11.2. The number of anilines is 1. The third-order valence-electron chi connectivity index (χ3n) is 3.76. The number of amides is 1. The van der Waals surface area contributed by atoms with Crippen molar-refractivity contribution in [3.05, 3.63) is 41.3 Å². The van der Waals surface area contributed by atoms with Gasteiger partial charge in [0.1, 0.15) is 0 Å². The van der Waals surface area contributed by atoms with Crippen molar-refractivity contribution in [2.75, 3.05) is 4.90 Å². The van der Waals surface area contributed by atoms with Gasteiger partial charge in [0, 0.05) is 23.5 Å². The average molecular weight is 271 g/mol. The van der Waals surface area contributed by atoms with Gasteiger partial charge in [0.25, 0.3) is 0 Å². The number of hydrogen-bond acceptors (Lipinski definition) is 2. The summed E-state index contributed by atoms with van der Waals surface area (Å²) < 4.78 is 0. The first kappa shape index (κ1) is 12.4. The van der Waals surface area contributed by atoms with Gasteiger partial charge in [-0.2, -0.15) is 0 Å². The van der Waals surface area contributed by atoms with E-state index in [9.17, 15) is 4.79 Å². The Morgan fingerprint density at radius 1 is 1.37 bits per heavy atom. The summed E-state index contributed by atoms with van der Waals surface area (Å²) in [6.07, 6.45) is 2.10. The first-order valence-corrected chi connectivity index (χ1v) is 7.51. The molecule has 1 amide bonds. The van der Waals surface area contributed by atoms with Crippen molar-refractivity contribution in [2.45, 2.75) is 32.7 Å². The molecule has 1 aromatic carbocycles. The Labute approximate surface area is 117 Å². The molecule has 0 saturated heterocycles. The Hall–Kier alpha value is -1.61. The molecule has 3 rings (SSSR count). The van der Waals surface area contributed by atoms with Crippen LogP contribution in [0.2, 0.25) is 0 Å². The van der Waals surface area contributed by atoms with Gasteiger partial charge in [-0.25, -0.2) is 0 Å². The molecule has 98 valence electrons. The molecule has 0 spiro atoms. The summed E-state index contributed by atoms with van der Waals surface area (Å²) in [7, 11) is 0. The molecule has 0 fully saturated rings. The SMILES string of the molecule is CC(=O)N1c2ccc(-c3cccs3)cc2CCC1C. The van der Waals surface area contributed by atoms with Crippen molar-refractivity contribution in [1.82, 2.24) is 0 Å². The predicted octanol–water partition coefficient (Wildman–Crippen LogP) is 4.10. The fourth-order valence-electron chi connectivity index (χ4n) is 2.83. The molecule has 1 atom stereocenters. The molecular formula is C16H17NOS. The summed E-state index contributed by atoms with van der Waals surface area (Å²) in [4.78, 5) is 15.0. The van der Waals surface area contributed by atoms with Crippen LogP contribution in [0.4, 0.5) is 5.69 Å². The van der Waals surface area contributed by atoms with Gasteiger partial charge >= 0.3 is 0 Å². The molecule has 0 radical (unpaired) electrons. The van der Waals surface area contributed by atoms with E-state index < -0.39 is 0 Å². The van der Waals surface area contributed by atoms with E-state index >= 15 is 0 Å². The number of aryl methyl sites for hydroxylation is 1. The van der Waals surface area contributed by atoms with Crippen LogP contribution in [0.1, 0.15) is 25.8 Å². The lowest BCUT2D eigenvalue weighted by molar-refractivity contribution is -0.117. The molecule has 1 aliphatic heterocycles. The van der Waals surface area contributed by atoms with E-state index in [2.05, 4.69) is 42.6 Å². The average Bonchev–Trinajstić information content (AvgIpc) is 2.91. The molecule has 3 heteroatoms. The van der Waals surface area contributed by atoms with Crippen LogP contribution in [0.3, 0.4) is 0 Å². The van der Waals surface area contributed by atoms with Crippen molar-refractivity contribution in [3.8, 4) is 10.4 Å². The highest BCUT2D eigenvalue weighted by Crippen LogP contribution is 2.35. The first-order chi connectivity index (χ1) is 9.16. The minimum atomic E-state index is 0.136. The fraction of sp³-hybridized carbons (Fsp3) is 0.312. The minimum absolute atomic E-state index is 0.136. The number of carbonyl (C=O) groups is 1. The number of hydrogen-bond donors (Lipinski definition) is 0. The number of thiophene rings is 1. The fourth-order valence-corrected chi connectivity index (χ4v) is 3.55. The monoisotopic (exact) mass is 271 g/mol. The van der Waals surface area contributed by atoms with Crippen LogP contribution < -0.4 is 4.90 Å². The van der Waals surface area contributed by atoms with E-state index in [1.165, 1.54) is 16.0 Å². The molecule has 1 aromatic heterocycles. The Kier molecular flexibility index (Phi) is 3.15. The van der Waals surface area contributed by atoms with Gasteiger partial charge in [0.15, 0.2) is 0 Å². The van der Waals surface area contributed by atoms with Crippen molar-refractivity contribution in [3.63, 3.8) is 0 Å². The Balaban J connectivity index is 2.05. The van der Waals surface area contributed by atoms with Gasteiger partial charge < -0.3 is 4.90 Å².